The van der Waals surface area contributed by atoms with Crippen molar-refractivity contribution < 1.29 is 38.0 Å². The third kappa shape index (κ3) is 23.7. The van der Waals surface area contributed by atoms with Crippen LogP contribution < -0.4 is 55.3 Å². The maximum absolute atomic E-state index is 12.0. The quantitative estimate of drug-likeness (QED) is 0.0224. The Morgan fingerprint density at radius 1 is 0.379 bits per heavy atom. The number of carbonyl (C=O) groups is 2. The van der Waals surface area contributed by atoms with Gasteiger partial charge in [0.25, 0.3) is 0 Å². The molecule has 4 saturated heterocycles. The first-order valence-electron chi connectivity index (χ1n) is 45.5. The van der Waals surface area contributed by atoms with E-state index in [1.54, 1.807) is 85.5 Å². The fourth-order valence-corrected chi connectivity index (χ4v) is 16.1. The number of nitrogens with zero attached hydrogens (tertiary/aromatic N) is 19. The van der Waals surface area contributed by atoms with Crippen molar-refractivity contribution in [2.24, 2.45) is 0 Å². The lowest BCUT2D eigenvalue weighted by molar-refractivity contribution is -0.117. The van der Waals surface area contributed by atoms with Crippen LogP contribution in [-0.2, 0) is 53.8 Å². The Balaban J connectivity index is 0.000000119. The molecule has 10 aromatic heterocycles. The molecule has 0 unspecified atom stereocenters. The van der Waals surface area contributed by atoms with Crippen LogP contribution in [0.5, 0.6) is 23.0 Å². The summed E-state index contributed by atoms with van der Waals surface area (Å²) in [7, 11) is 0. The number of aromatic amines is 2. The molecule has 0 saturated carbocycles. The second-order valence-electron chi connectivity index (χ2n) is 32.9. The Bertz CT molecular complexity index is 7180. The van der Waals surface area contributed by atoms with Gasteiger partial charge in [0.15, 0.2) is 0 Å². The number of aromatic nitrogens is 17. The number of hydrogen-bond acceptors (Lipinski definition) is 29. The molecule has 696 valence electrons. The number of terminal acetylenes is 2. The number of H-pyrrole nitrogens is 2. The zero-order valence-corrected chi connectivity index (χ0v) is 76.0. The van der Waals surface area contributed by atoms with E-state index in [1.165, 1.54) is 11.1 Å². The van der Waals surface area contributed by atoms with Crippen LogP contribution in [0.15, 0.2) is 287 Å². The van der Waals surface area contributed by atoms with Crippen molar-refractivity contribution in [1.82, 2.24) is 100 Å². The van der Waals surface area contributed by atoms with Crippen LogP contribution in [0.2, 0.25) is 0 Å². The summed E-state index contributed by atoms with van der Waals surface area (Å²) >= 11 is 0. The molecule has 4 aliphatic heterocycles. The molecule has 7 N–H and O–H groups in total. The normalized spacial score (nSPS) is 13.6. The molecule has 22 rings (SSSR count). The molecule has 34 heteroatoms. The monoisotopic (exact) mass is 1860 g/mol. The molecular formula is C106H94N26O8. The van der Waals surface area contributed by atoms with Crippen molar-refractivity contribution in [3.8, 4) is 69.9 Å². The minimum Gasteiger partial charge on any atom is -0.488 e. The highest BCUT2D eigenvalue weighted by Gasteiger charge is 2.25. The van der Waals surface area contributed by atoms with E-state index in [9.17, 15) is 9.59 Å². The predicted molar refractivity (Wildman–Crippen MR) is 535 cm³/mol. The summed E-state index contributed by atoms with van der Waals surface area (Å²) in [6, 6.07) is 58.6. The maximum Gasteiger partial charge on any atom is 0.321 e. The summed E-state index contributed by atoms with van der Waals surface area (Å²) in [4.78, 5) is 89.8. The van der Waals surface area contributed by atoms with E-state index in [4.69, 9.17) is 51.2 Å². The largest absolute Gasteiger partial charge is 0.488 e. The Morgan fingerprint density at radius 3 is 1.24 bits per heavy atom. The van der Waals surface area contributed by atoms with Crippen molar-refractivity contribution >= 4 is 113 Å². The maximum atomic E-state index is 12.0. The minimum atomic E-state index is -0.0998. The van der Waals surface area contributed by atoms with Gasteiger partial charge in [-0.2, -0.15) is 10.2 Å². The average molecular weight is 1860 g/mol. The zero-order valence-electron chi connectivity index (χ0n) is 76.0. The molecule has 14 heterocycles. The fourth-order valence-electron chi connectivity index (χ4n) is 16.1. The Labute approximate surface area is 804 Å². The molecule has 8 aromatic carbocycles. The van der Waals surface area contributed by atoms with E-state index < -0.39 is 0 Å². The third-order valence-corrected chi connectivity index (χ3v) is 23.2. The summed E-state index contributed by atoms with van der Waals surface area (Å²) in [6.45, 7) is 12.2. The van der Waals surface area contributed by atoms with Gasteiger partial charge in [0.05, 0.1) is 83.9 Å². The topological polar surface area (TPSA) is 388 Å². The van der Waals surface area contributed by atoms with Crippen molar-refractivity contribution in [1.29, 1.82) is 0 Å². The number of pyridine rings is 3. The standard InChI is InChI=1S/C28H27N7O2.C27H26N8O2.C26H21N5O2.C25H20N6O2/c1-3-20(18-35-7-9-36-10-8-35)11-24(5-1)33-28-30-15-22-12-25(23-16-31-32-17-23)27(13-26(22)34-28)37-19-21-4-2-6-29-14-21;1-2-19(17-35-6-8-36-9-7-35)10-22(3-1)33-27-30-13-20-11-24(21-14-31-32-15-21)26(12-25(20)34-27)37-18-23-16-28-4-5-29-23;1-2-19-13-20-16-28-26(29-21-7-9-22(10-8-21)31-12-4-6-25(31)32)30-23(20)14-24(19)33-17-18-5-3-11-27-15-18;1-2-18-11-19-15-28-24(29-20-6-3-7-21(12-20)31-10-9-27-25(31)32)30-22(19)13-23(18)33-16-17-5-4-8-26-14-17/h1-6,11-17H,7-10,18-19H2,(H,31,32)(H,30,33,34);1-5,10-16H,6-9,17-18H2,(H,31,32)(H,30,33,34);1,3,5,7-11,13-16H,4,6,12,17H2,(H,28,29,30);1,3-8,11-15H,9-10,16H2,(H,27,32)(H,28,29,30). The molecule has 0 spiro atoms. The molecule has 0 atom stereocenters. The Kier molecular flexibility index (Phi) is 29.1. The van der Waals surface area contributed by atoms with Crippen LogP contribution in [0.1, 0.15) is 57.5 Å². The predicted octanol–water partition coefficient (Wildman–Crippen LogP) is 16.8. The number of ether oxygens (including phenoxy) is 6. The van der Waals surface area contributed by atoms with E-state index in [1.807, 2.05) is 175 Å². The summed E-state index contributed by atoms with van der Waals surface area (Å²) in [5, 5.41) is 33.3. The highest BCUT2D eigenvalue weighted by atomic mass is 16.5. The molecule has 34 nitrogen and oxygen atoms in total. The number of fused-ring (bicyclic) bond motifs is 4. The molecule has 140 heavy (non-hydrogen) atoms. The molecule has 0 radical (unpaired) electrons. The van der Waals surface area contributed by atoms with E-state index in [0.717, 1.165) is 196 Å². The summed E-state index contributed by atoms with van der Waals surface area (Å²) in [5.74, 6) is 9.99. The van der Waals surface area contributed by atoms with Gasteiger partial charge in [-0.15, -0.1) is 12.8 Å². The number of amides is 3. The van der Waals surface area contributed by atoms with Gasteiger partial charge in [-0.05, 0) is 127 Å². The number of anilines is 10. The highest BCUT2D eigenvalue weighted by Crippen LogP contribution is 2.38. The minimum absolute atomic E-state index is 0.0998. The first kappa shape index (κ1) is 91.3. The van der Waals surface area contributed by atoms with Crippen molar-refractivity contribution in [2.75, 3.05) is 103 Å². The van der Waals surface area contributed by atoms with Gasteiger partial charge >= 0.3 is 6.03 Å². The molecule has 4 fully saturated rings. The number of morpholine rings is 2. The van der Waals surface area contributed by atoms with Crippen LogP contribution >= 0.6 is 0 Å². The van der Waals surface area contributed by atoms with Gasteiger partial charge in [0.2, 0.25) is 29.7 Å². The lowest BCUT2D eigenvalue weighted by Crippen LogP contribution is -2.35. The lowest BCUT2D eigenvalue weighted by atomic mass is 10.1. The summed E-state index contributed by atoms with van der Waals surface area (Å²) in [5.41, 5.74) is 19.2. The highest BCUT2D eigenvalue weighted by molar-refractivity contribution is 5.97. The summed E-state index contributed by atoms with van der Waals surface area (Å²) < 4.78 is 35.2. The Hall–Kier alpha value is -17.8. The Morgan fingerprint density at radius 2 is 0.814 bits per heavy atom. The number of nitrogens with one attached hydrogen (secondary N) is 7. The van der Waals surface area contributed by atoms with Crippen LogP contribution in [-0.4, -0.2) is 179 Å². The lowest BCUT2D eigenvalue weighted by Gasteiger charge is -2.26. The second kappa shape index (κ2) is 44.6. The number of urea groups is 1. The van der Waals surface area contributed by atoms with E-state index in [-0.39, 0.29) is 18.5 Å². The van der Waals surface area contributed by atoms with Crippen LogP contribution in [0, 0.1) is 24.7 Å². The second-order valence-corrected chi connectivity index (χ2v) is 32.9. The SMILES string of the molecule is C#Cc1cc2cnc(Nc3ccc(N4CCCC4=O)cc3)nc2cc1OCc1cccnc1.C#Cc1cc2cnc(Nc3cccc(N4CCNC4=O)c3)nc2cc1OCc1cccnc1.c1cc(CN2CCOCC2)cc(Nc2ncc3cc(-c4cn[nH]c4)c(OCc4cnccn4)cc3n2)c1.c1cncc(COc2cc3nc(Nc4cccc(CN5CCOCC5)c4)ncc3cc2-c2cn[nH]c2)c1. The first-order valence-corrected chi connectivity index (χ1v) is 45.5. The number of rotatable bonds is 28. The molecule has 4 aliphatic rings. The van der Waals surface area contributed by atoms with Gasteiger partial charge < -0.3 is 59.9 Å². The van der Waals surface area contributed by atoms with E-state index >= 15 is 0 Å². The number of hydrogen-bond donors (Lipinski definition) is 7. The molecule has 18 aromatic rings. The number of benzene rings is 8. The fraction of sp³-hybridized carbons (Fsp3) is 0.179. The number of carbonyl (C=O) groups excluding carboxylic acids is 2. The summed E-state index contributed by atoms with van der Waals surface area (Å²) in [6.07, 6.45) is 42.7. The van der Waals surface area contributed by atoms with Crippen molar-refractivity contribution in [3.05, 3.63) is 332 Å². The molecular weight excluding hydrogens is 1770 g/mol. The van der Waals surface area contributed by atoms with Gasteiger partial charge in [0, 0.05) is 271 Å². The van der Waals surface area contributed by atoms with Gasteiger partial charge in [-0.3, -0.25) is 54.6 Å². The van der Waals surface area contributed by atoms with Crippen LogP contribution in [0.4, 0.5) is 62.7 Å². The molecule has 0 bridgehead atoms. The zero-order chi connectivity index (χ0) is 95.0. The van der Waals surface area contributed by atoms with Crippen LogP contribution in [0.3, 0.4) is 0 Å². The average Bonchev–Trinajstić information content (AvgIpc) is 1.28. The van der Waals surface area contributed by atoms with Crippen LogP contribution in [0.25, 0.3) is 65.9 Å². The van der Waals surface area contributed by atoms with Crippen molar-refractivity contribution in [3.63, 3.8) is 0 Å². The molecule has 0 aliphatic carbocycles. The van der Waals surface area contributed by atoms with Gasteiger partial charge in [-0.25, -0.2) is 44.7 Å². The van der Waals surface area contributed by atoms with Gasteiger partial charge in [0.1, 0.15) is 49.4 Å². The smallest absolute Gasteiger partial charge is 0.321 e. The van der Waals surface area contributed by atoms with E-state index in [0.29, 0.717) is 103 Å². The third-order valence-electron chi connectivity index (χ3n) is 23.2. The van der Waals surface area contributed by atoms with E-state index in [2.05, 4.69) is 160 Å². The molecule has 3 amide bonds. The van der Waals surface area contributed by atoms with Crippen molar-refractivity contribution in [2.45, 2.75) is 52.4 Å². The van der Waals surface area contributed by atoms with Gasteiger partial charge in [-0.1, -0.05) is 60.4 Å². The first-order chi connectivity index (χ1) is 69.0.